The number of carboxylic acid groups (broad SMARTS) is 1. The molecule has 0 radical (unpaired) electrons. The molecule has 7 heteroatoms. The van der Waals surface area contributed by atoms with Crippen molar-refractivity contribution in [3.05, 3.63) is 10.6 Å². The highest BCUT2D eigenvalue weighted by atomic mass is 32.1. The Morgan fingerprint density at radius 2 is 2.05 bits per heavy atom. The van der Waals surface area contributed by atoms with E-state index in [1.54, 1.807) is 6.92 Å². The van der Waals surface area contributed by atoms with Crippen LogP contribution in [-0.2, 0) is 4.79 Å². The van der Waals surface area contributed by atoms with E-state index >= 15 is 0 Å². The largest absolute Gasteiger partial charge is 0.481 e. The van der Waals surface area contributed by atoms with Gasteiger partial charge in [0, 0.05) is 6.54 Å². The van der Waals surface area contributed by atoms with E-state index in [2.05, 4.69) is 10.3 Å². The fraction of sp³-hybridized carbons (Fsp3) is 0.615. The molecule has 110 valence electrons. The molecule has 1 saturated carbocycles. The number of aromatic nitrogens is 1. The summed E-state index contributed by atoms with van der Waals surface area (Å²) in [6.07, 6.45) is 3.09. The number of carbonyl (C=O) groups excluding carboxylic acids is 1. The van der Waals surface area contributed by atoms with Crippen molar-refractivity contribution in [2.75, 3.05) is 12.3 Å². The molecular weight excluding hydrogens is 278 g/mol. The number of carbonyl (C=O) groups is 2. The first kappa shape index (κ1) is 14.8. The summed E-state index contributed by atoms with van der Waals surface area (Å²) in [5.74, 6) is -0.703. The average Bonchev–Trinajstić information content (AvgIpc) is 2.75. The summed E-state index contributed by atoms with van der Waals surface area (Å²) in [6.45, 7) is 2.35. The molecule has 0 aliphatic heterocycles. The van der Waals surface area contributed by atoms with Crippen molar-refractivity contribution in [2.45, 2.75) is 32.6 Å². The number of carboxylic acids is 1. The lowest BCUT2D eigenvalue weighted by atomic mass is 9.82. The zero-order chi connectivity index (χ0) is 14.7. The molecule has 0 saturated heterocycles. The standard InChI is InChI=1S/C13H19N3O3S/c1-7-10(20-13(14)16-7)11(17)15-6-8-2-4-9(5-3-8)12(18)19/h8-9H,2-6H2,1H3,(H2,14,16)(H,15,17)(H,18,19). The molecule has 4 N–H and O–H groups in total. The van der Waals surface area contributed by atoms with Gasteiger partial charge in [-0.25, -0.2) is 4.98 Å². The number of rotatable bonds is 4. The highest BCUT2D eigenvalue weighted by molar-refractivity contribution is 7.17. The zero-order valence-corrected chi connectivity index (χ0v) is 12.2. The zero-order valence-electron chi connectivity index (χ0n) is 11.4. The monoisotopic (exact) mass is 297 g/mol. The van der Waals surface area contributed by atoms with Gasteiger partial charge in [0.2, 0.25) is 0 Å². The van der Waals surface area contributed by atoms with Crippen molar-refractivity contribution in [1.29, 1.82) is 0 Å². The molecule has 0 spiro atoms. The van der Waals surface area contributed by atoms with Crippen LogP contribution in [0.1, 0.15) is 41.0 Å². The maximum atomic E-state index is 12.0. The number of nitrogens with two attached hydrogens (primary N) is 1. The van der Waals surface area contributed by atoms with Gasteiger partial charge in [0.1, 0.15) is 4.88 Å². The Hall–Kier alpha value is -1.63. The lowest BCUT2D eigenvalue weighted by molar-refractivity contribution is -0.143. The number of aliphatic carboxylic acids is 1. The van der Waals surface area contributed by atoms with Crippen molar-refractivity contribution in [1.82, 2.24) is 10.3 Å². The third-order valence-corrected chi connectivity index (χ3v) is 4.75. The molecule has 0 bridgehead atoms. The van der Waals surface area contributed by atoms with Gasteiger partial charge in [-0.2, -0.15) is 0 Å². The SMILES string of the molecule is Cc1nc(N)sc1C(=O)NCC1CCC(C(=O)O)CC1. The minimum atomic E-state index is -0.705. The minimum Gasteiger partial charge on any atom is -0.481 e. The van der Waals surface area contributed by atoms with Gasteiger partial charge >= 0.3 is 5.97 Å². The van der Waals surface area contributed by atoms with E-state index in [4.69, 9.17) is 10.8 Å². The van der Waals surface area contributed by atoms with Crippen LogP contribution in [0, 0.1) is 18.8 Å². The second-order valence-corrected chi connectivity index (χ2v) is 6.26. The summed E-state index contributed by atoms with van der Waals surface area (Å²) in [5.41, 5.74) is 6.22. The van der Waals surface area contributed by atoms with Gasteiger partial charge in [-0.15, -0.1) is 0 Å². The van der Waals surface area contributed by atoms with Crippen LogP contribution >= 0.6 is 11.3 Å². The van der Waals surface area contributed by atoms with Crippen molar-refractivity contribution < 1.29 is 14.7 Å². The van der Waals surface area contributed by atoms with Crippen LogP contribution in [0.15, 0.2) is 0 Å². The Balaban J connectivity index is 1.80. The summed E-state index contributed by atoms with van der Waals surface area (Å²) in [5, 5.41) is 12.2. The Labute approximate surface area is 121 Å². The molecule has 1 aromatic rings. The molecule has 1 aromatic heterocycles. The smallest absolute Gasteiger partial charge is 0.306 e. The Morgan fingerprint density at radius 1 is 1.40 bits per heavy atom. The molecule has 2 rings (SSSR count). The fourth-order valence-electron chi connectivity index (χ4n) is 2.56. The van der Waals surface area contributed by atoms with Crippen LogP contribution in [0.4, 0.5) is 5.13 Å². The second kappa shape index (κ2) is 6.21. The van der Waals surface area contributed by atoms with E-state index < -0.39 is 5.97 Å². The van der Waals surface area contributed by atoms with Gasteiger partial charge in [-0.3, -0.25) is 9.59 Å². The van der Waals surface area contributed by atoms with Gasteiger partial charge in [0.05, 0.1) is 11.6 Å². The molecule has 1 heterocycles. The highest BCUT2D eigenvalue weighted by Gasteiger charge is 2.26. The van der Waals surface area contributed by atoms with Crippen LogP contribution in [0.5, 0.6) is 0 Å². The third-order valence-electron chi connectivity index (χ3n) is 3.77. The van der Waals surface area contributed by atoms with Gasteiger partial charge in [0.15, 0.2) is 5.13 Å². The van der Waals surface area contributed by atoms with Crippen molar-refractivity contribution in [3.63, 3.8) is 0 Å². The highest BCUT2D eigenvalue weighted by Crippen LogP contribution is 2.28. The second-order valence-electron chi connectivity index (χ2n) is 5.23. The first-order valence-electron chi connectivity index (χ1n) is 6.71. The topological polar surface area (TPSA) is 105 Å². The maximum Gasteiger partial charge on any atom is 0.306 e. The van der Waals surface area contributed by atoms with E-state index in [0.29, 0.717) is 41.0 Å². The van der Waals surface area contributed by atoms with Gasteiger partial charge in [0.25, 0.3) is 5.91 Å². The average molecular weight is 297 g/mol. The predicted molar refractivity (Wildman–Crippen MR) is 76.7 cm³/mol. The molecular formula is C13H19N3O3S. The first-order chi connectivity index (χ1) is 9.47. The van der Waals surface area contributed by atoms with E-state index in [0.717, 1.165) is 12.8 Å². The summed E-state index contributed by atoms with van der Waals surface area (Å²) < 4.78 is 0. The summed E-state index contributed by atoms with van der Waals surface area (Å²) in [4.78, 5) is 27.5. The molecule has 0 atom stereocenters. The third kappa shape index (κ3) is 3.47. The quantitative estimate of drug-likeness (QED) is 0.783. The molecule has 6 nitrogen and oxygen atoms in total. The molecule has 1 fully saturated rings. The van der Waals surface area contributed by atoms with Crippen LogP contribution in [0.25, 0.3) is 0 Å². The molecule has 1 aliphatic carbocycles. The lowest BCUT2D eigenvalue weighted by Crippen LogP contribution is -2.32. The number of hydrogen-bond donors (Lipinski definition) is 3. The Morgan fingerprint density at radius 3 is 2.55 bits per heavy atom. The normalized spacial score (nSPS) is 22.4. The molecule has 0 aromatic carbocycles. The van der Waals surface area contributed by atoms with Gasteiger partial charge in [-0.1, -0.05) is 11.3 Å². The van der Waals surface area contributed by atoms with Crippen LogP contribution in [0.3, 0.4) is 0 Å². The van der Waals surface area contributed by atoms with Gasteiger partial charge < -0.3 is 16.2 Å². The number of amides is 1. The summed E-state index contributed by atoms with van der Waals surface area (Å²) in [7, 11) is 0. The molecule has 1 amide bonds. The molecule has 0 unspecified atom stereocenters. The van der Waals surface area contributed by atoms with Crippen LogP contribution < -0.4 is 11.1 Å². The van der Waals surface area contributed by atoms with E-state index in [-0.39, 0.29) is 11.8 Å². The number of hydrogen-bond acceptors (Lipinski definition) is 5. The Kier molecular flexibility index (Phi) is 4.59. The number of nitrogen functional groups attached to an aromatic ring is 1. The van der Waals surface area contributed by atoms with E-state index in [1.807, 2.05) is 0 Å². The first-order valence-corrected chi connectivity index (χ1v) is 7.53. The van der Waals surface area contributed by atoms with Crippen molar-refractivity contribution >= 4 is 28.3 Å². The number of aryl methyl sites for hydroxylation is 1. The van der Waals surface area contributed by atoms with Gasteiger partial charge in [-0.05, 0) is 38.5 Å². The number of nitrogens with one attached hydrogen (secondary N) is 1. The molecule has 20 heavy (non-hydrogen) atoms. The fourth-order valence-corrected chi connectivity index (χ4v) is 3.31. The number of thiazole rings is 1. The number of anilines is 1. The van der Waals surface area contributed by atoms with E-state index in [1.165, 1.54) is 11.3 Å². The maximum absolute atomic E-state index is 12.0. The molecule has 1 aliphatic rings. The van der Waals surface area contributed by atoms with Crippen LogP contribution in [0.2, 0.25) is 0 Å². The van der Waals surface area contributed by atoms with Crippen molar-refractivity contribution in [3.8, 4) is 0 Å². The van der Waals surface area contributed by atoms with E-state index in [9.17, 15) is 9.59 Å². The summed E-state index contributed by atoms with van der Waals surface area (Å²) >= 11 is 1.19. The lowest BCUT2D eigenvalue weighted by Gasteiger charge is -2.26. The predicted octanol–water partition coefficient (Wildman–Crippen LogP) is 1.65. The Bertz CT molecular complexity index is 507. The minimum absolute atomic E-state index is 0.142. The van der Waals surface area contributed by atoms with Crippen LogP contribution in [-0.4, -0.2) is 28.5 Å². The van der Waals surface area contributed by atoms with Crippen molar-refractivity contribution in [2.24, 2.45) is 11.8 Å². The summed E-state index contributed by atoms with van der Waals surface area (Å²) in [6, 6.07) is 0. The number of nitrogens with zero attached hydrogens (tertiary/aromatic N) is 1.